The van der Waals surface area contributed by atoms with E-state index in [0.717, 1.165) is 11.7 Å². The topological polar surface area (TPSA) is 20.8 Å². The molecule has 3 nitrogen and oxygen atoms in total. The number of nitrogens with zero attached hydrogens (tertiary/aromatic N) is 2. The van der Waals surface area contributed by atoms with Crippen LogP contribution in [-0.2, 0) is 13.6 Å². The summed E-state index contributed by atoms with van der Waals surface area (Å²) < 4.78 is 4.21. The van der Waals surface area contributed by atoms with Crippen molar-refractivity contribution in [3.63, 3.8) is 0 Å². The summed E-state index contributed by atoms with van der Waals surface area (Å²) in [4.78, 5) is 0. The molecule has 1 aromatic rings. The van der Waals surface area contributed by atoms with Crippen molar-refractivity contribution in [2.75, 3.05) is 6.54 Å². The molecule has 0 spiro atoms. The SMILES string of the molecule is C[n+]1ccn(C[C@@H]2CCCN2)c1S. The molecule has 1 saturated heterocycles. The molecule has 1 fully saturated rings. The van der Waals surface area contributed by atoms with E-state index < -0.39 is 0 Å². The van der Waals surface area contributed by atoms with Gasteiger partial charge in [0.25, 0.3) is 0 Å². The van der Waals surface area contributed by atoms with E-state index >= 15 is 0 Å². The predicted molar refractivity (Wildman–Crippen MR) is 53.9 cm³/mol. The first-order chi connectivity index (χ1) is 6.27. The maximum atomic E-state index is 4.43. The minimum absolute atomic E-state index is 0.637. The van der Waals surface area contributed by atoms with Gasteiger partial charge in [-0.2, -0.15) is 0 Å². The lowest BCUT2D eigenvalue weighted by Gasteiger charge is -2.06. The summed E-state index contributed by atoms with van der Waals surface area (Å²) in [6, 6.07) is 0.637. The van der Waals surface area contributed by atoms with Crippen LogP contribution < -0.4 is 9.88 Å². The Balaban J connectivity index is 2.04. The van der Waals surface area contributed by atoms with Gasteiger partial charge in [-0.25, -0.2) is 9.13 Å². The number of thiol groups is 1. The molecule has 0 unspecified atom stereocenters. The Morgan fingerprint density at radius 3 is 3.15 bits per heavy atom. The summed E-state index contributed by atoms with van der Waals surface area (Å²) in [6.07, 6.45) is 6.72. The molecular formula is C9H16N3S+. The Labute approximate surface area is 84.2 Å². The predicted octanol–water partition coefficient (Wildman–Crippen LogP) is 0.353. The Kier molecular flexibility index (Phi) is 2.60. The van der Waals surface area contributed by atoms with Crippen molar-refractivity contribution in [1.29, 1.82) is 0 Å². The number of rotatable bonds is 2. The molecule has 0 amide bonds. The fraction of sp³-hybridized carbons (Fsp3) is 0.667. The van der Waals surface area contributed by atoms with Crippen LogP contribution in [0.15, 0.2) is 17.6 Å². The monoisotopic (exact) mass is 198 g/mol. The summed E-state index contributed by atoms with van der Waals surface area (Å²) in [6.45, 7) is 2.21. The van der Waals surface area contributed by atoms with Gasteiger partial charge in [0.05, 0.1) is 7.05 Å². The maximum absolute atomic E-state index is 4.43. The normalized spacial score (nSPS) is 22.5. The van der Waals surface area contributed by atoms with Crippen molar-refractivity contribution in [2.24, 2.45) is 7.05 Å². The molecule has 1 aliphatic rings. The van der Waals surface area contributed by atoms with E-state index in [0.29, 0.717) is 6.04 Å². The second kappa shape index (κ2) is 3.72. The number of aromatic nitrogens is 2. The van der Waals surface area contributed by atoms with Crippen LogP contribution in [0.3, 0.4) is 0 Å². The smallest absolute Gasteiger partial charge is 0.310 e. The Morgan fingerprint density at radius 1 is 1.77 bits per heavy atom. The first-order valence-electron chi connectivity index (χ1n) is 4.74. The van der Waals surface area contributed by atoms with Crippen molar-refractivity contribution in [3.05, 3.63) is 12.4 Å². The molecule has 0 bridgehead atoms. The lowest BCUT2D eigenvalue weighted by Crippen LogP contribution is -2.31. The first kappa shape index (κ1) is 9.09. The largest absolute Gasteiger partial charge is 0.314 e. The molecule has 1 N–H and O–H groups in total. The quantitative estimate of drug-likeness (QED) is 0.519. The highest BCUT2D eigenvalue weighted by Gasteiger charge is 2.19. The van der Waals surface area contributed by atoms with Gasteiger partial charge in [-0.3, -0.25) is 0 Å². The van der Waals surface area contributed by atoms with E-state index in [1.807, 2.05) is 17.8 Å². The number of nitrogens with one attached hydrogen (secondary N) is 1. The van der Waals surface area contributed by atoms with E-state index in [2.05, 4.69) is 28.7 Å². The molecule has 4 heteroatoms. The molecule has 2 rings (SSSR count). The molecule has 2 heterocycles. The van der Waals surface area contributed by atoms with Gasteiger partial charge >= 0.3 is 5.16 Å². The van der Waals surface area contributed by atoms with Gasteiger partial charge in [0.1, 0.15) is 18.9 Å². The summed E-state index contributed by atoms with van der Waals surface area (Å²) in [5.41, 5.74) is 0. The van der Waals surface area contributed by atoms with Crippen LogP contribution in [0.5, 0.6) is 0 Å². The highest BCUT2D eigenvalue weighted by Crippen LogP contribution is 2.09. The summed E-state index contributed by atoms with van der Waals surface area (Å²) in [5.74, 6) is 0. The van der Waals surface area contributed by atoms with Gasteiger partial charge in [-0.1, -0.05) is 12.6 Å². The third-order valence-corrected chi connectivity index (χ3v) is 3.19. The standard InChI is InChI=1S/C9H15N3S/c1-11-5-6-12(9(11)13)7-8-3-2-4-10-8/h5-6,8,10H,2-4,7H2,1H3/p+1/t8-/m0/s1. The van der Waals surface area contributed by atoms with Crippen LogP contribution in [0.1, 0.15) is 12.8 Å². The minimum atomic E-state index is 0.637. The summed E-state index contributed by atoms with van der Waals surface area (Å²) in [5, 5.41) is 4.50. The average molecular weight is 198 g/mol. The molecule has 0 radical (unpaired) electrons. The zero-order chi connectivity index (χ0) is 9.26. The zero-order valence-corrected chi connectivity index (χ0v) is 8.80. The van der Waals surface area contributed by atoms with Crippen molar-refractivity contribution in [1.82, 2.24) is 9.88 Å². The first-order valence-corrected chi connectivity index (χ1v) is 5.19. The third-order valence-electron chi connectivity index (χ3n) is 2.62. The molecule has 1 atom stereocenters. The molecule has 0 saturated carbocycles. The number of hydrogen-bond donors (Lipinski definition) is 2. The van der Waals surface area contributed by atoms with Crippen LogP contribution in [0, 0.1) is 0 Å². The van der Waals surface area contributed by atoms with Gasteiger partial charge in [-0.15, -0.1) is 0 Å². The lowest BCUT2D eigenvalue weighted by molar-refractivity contribution is -0.709. The molecule has 0 aliphatic carbocycles. The maximum Gasteiger partial charge on any atom is 0.314 e. The Morgan fingerprint density at radius 2 is 2.62 bits per heavy atom. The van der Waals surface area contributed by atoms with Crippen LogP contribution in [0.25, 0.3) is 0 Å². The van der Waals surface area contributed by atoms with Crippen LogP contribution in [-0.4, -0.2) is 17.2 Å². The van der Waals surface area contributed by atoms with E-state index in [4.69, 9.17) is 0 Å². The van der Waals surface area contributed by atoms with E-state index in [-0.39, 0.29) is 0 Å². The van der Waals surface area contributed by atoms with Crippen LogP contribution in [0.2, 0.25) is 0 Å². The van der Waals surface area contributed by atoms with Crippen molar-refractivity contribution < 1.29 is 4.57 Å². The third kappa shape index (κ3) is 1.89. The van der Waals surface area contributed by atoms with Gasteiger partial charge in [0.2, 0.25) is 0 Å². The second-order valence-electron chi connectivity index (χ2n) is 3.65. The number of aryl methyl sites for hydroxylation is 1. The van der Waals surface area contributed by atoms with Crippen molar-refractivity contribution in [2.45, 2.75) is 30.6 Å². The molecular weight excluding hydrogens is 182 g/mol. The van der Waals surface area contributed by atoms with Crippen LogP contribution in [0.4, 0.5) is 0 Å². The van der Waals surface area contributed by atoms with Gasteiger partial charge in [0.15, 0.2) is 0 Å². The van der Waals surface area contributed by atoms with Gasteiger partial charge in [0, 0.05) is 6.04 Å². The number of imidazole rings is 1. The van der Waals surface area contributed by atoms with Crippen LogP contribution >= 0.6 is 12.6 Å². The van der Waals surface area contributed by atoms with Crippen molar-refractivity contribution in [3.8, 4) is 0 Å². The summed E-state index contributed by atoms with van der Waals surface area (Å²) in [7, 11) is 2.01. The second-order valence-corrected chi connectivity index (χ2v) is 4.05. The van der Waals surface area contributed by atoms with Gasteiger partial charge < -0.3 is 5.32 Å². The fourth-order valence-corrected chi connectivity index (χ4v) is 2.02. The minimum Gasteiger partial charge on any atom is -0.310 e. The van der Waals surface area contributed by atoms with Gasteiger partial charge in [-0.05, 0) is 19.4 Å². The van der Waals surface area contributed by atoms with Crippen molar-refractivity contribution >= 4 is 12.6 Å². The fourth-order valence-electron chi connectivity index (χ4n) is 1.81. The summed E-state index contributed by atoms with van der Waals surface area (Å²) >= 11 is 4.43. The molecule has 72 valence electrons. The van der Waals surface area contributed by atoms with E-state index in [1.165, 1.54) is 19.4 Å². The zero-order valence-electron chi connectivity index (χ0n) is 7.90. The molecule has 0 aromatic carbocycles. The number of hydrogen-bond acceptors (Lipinski definition) is 2. The molecule has 13 heavy (non-hydrogen) atoms. The molecule has 1 aliphatic heterocycles. The van der Waals surface area contributed by atoms with E-state index in [9.17, 15) is 0 Å². The lowest BCUT2D eigenvalue weighted by atomic mass is 10.2. The Hall–Kier alpha value is -0.480. The average Bonchev–Trinajstić information content (AvgIpc) is 2.71. The molecule has 1 aromatic heterocycles. The highest BCUT2D eigenvalue weighted by molar-refractivity contribution is 7.80. The highest BCUT2D eigenvalue weighted by atomic mass is 32.1. The Bertz CT molecular complexity index is 289. The van der Waals surface area contributed by atoms with E-state index in [1.54, 1.807) is 0 Å².